The molecule has 0 bridgehead atoms. The van der Waals surface area contributed by atoms with Gasteiger partial charge in [0, 0.05) is 43.3 Å². The first-order valence-corrected chi connectivity index (χ1v) is 9.47. The summed E-state index contributed by atoms with van der Waals surface area (Å²) in [7, 11) is 3.35. The zero-order valence-corrected chi connectivity index (χ0v) is 15.7. The summed E-state index contributed by atoms with van der Waals surface area (Å²) in [4.78, 5) is 20.3. The first kappa shape index (κ1) is 17.1. The van der Waals surface area contributed by atoms with Crippen molar-refractivity contribution in [1.82, 2.24) is 14.3 Å². The normalized spacial score (nSPS) is 17.2. The molecule has 3 heterocycles. The van der Waals surface area contributed by atoms with Crippen molar-refractivity contribution in [3.8, 4) is 17.0 Å². The number of ether oxygens (including phenoxy) is 2. The molecule has 0 N–H and O–H groups in total. The summed E-state index contributed by atoms with van der Waals surface area (Å²) < 4.78 is 12.4. The predicted molar refractivity (Wildman–Crippen MR) is 101 cm³/mol. The molecule has 26 heavy (non-hydrogen) atoms. The van der Waals surface area contributed by atoms with Crippen LogP contribution < -0.4 is 4.74 Å². The molecule has 4 rings (SSSR count). The van der Waals surface area contributed by atoms with Gasteiger partial charge in [-0.3, -0.25) is 9.20 Å². The zero-order valence-electron chi connectivity index (χ0n) is 14.8. The molecule has 1 aromatic carbocycles. The number of nitrogens with zero attached hydrogens (tertiary/aromatic N) is 3. The standard InChI is InChI=1S/C19H21N3O3S/c1-24-11-13-6-7-21(9-13)18(23)17-12-26-19-20-16(10-22(17)19)14-4-3-5-15(8-14)25-2/h3-5,8,10,12-13H,6-7,9,11H2,1-2H3/t13-/m1/s1. The smallest absolute Gasteiger partial charge is 0.271 e. The lowest BCUT2D eigenvalue weighted by molar-refractivity contribution is 0.0769. The largest absolute Gasteiger partial charge is 0.497 e. The van der Waals surface area contributed by atoms with Crippen LogP contribution in [-0.2, 0) is 4.74 Å². The van der Waals surface area contributed by atoms with Crippen molar-refractivity contribution in [2.75, 3.05) is 33.9 Å². The van der Waals surface area contributed by atoms with E-state index in [4.69, 9.17) is 9.47 Å². The average Bonchev–Trinajstić information content (AvgIpc) is 3.37. The van der Waals surface area contributed by atoms with E-state index in [1.165, 1.54) is 11.3 Å². The molecule has 3 aromatic rings. The van der Waals surface area contributed by atoms with E-state index in [9.17, 15) is 4.79 Å². The highest BCUT2D eigenvalue weighted by Crippen LogP contribution is 2.27. The maximum atomic E-state index is 12.9. The molecule has 0 saturated carbocycles. The van der Waals surface area contributed by atoms with Crippen molar-refractivity contribution in [2.45, 2.75) is 6.42 Å². The number of carbonyl (C=O) groups is 1. The van der Waals surface area contributed by atoms with E-state index >= 15 is 0 Å². The summed E-state index contributed by atoms with van der Waals surface area (Å²) in [5.74, 6) is 1.27. The lowest BCUT2D eigenvalue weighted by atomic mass is 10.1. The van der Waals surface area contributed by atoms with Crippen LogP contribution in [0.15, 0.2) is 35.8 Å². The quantitative estimate of drug-likeness (QED) is 0.691. The fraction of sp³-hybridized carbons (Fsp3) is 0.368. The van der Waals surface area contributed by atoms with Gasteiger partial charge in [-0.25, -0.2) is 4.98 Å². The van der Waals surface area contributed by atoms with Crippen molar-refractivity contribution in [2.24, 2.45) is 5.92 Å². The van der Waals surface area contributed by atoms with Gasteiger partial charge < -0.3 is 14.4 Å². The van der Waals surface area contributed by atoms with E-state index in [1.807, 2.05) is 45.1 Å². The monoisotopic (exact) mass is 371 g/mol. The van der Waals surface area contributed by atoms with Gasteiger partial charge in [-0.1, -0.05) is 12.1 Å². The van der Waals surface area contributed by atoms with E-state index in [1.54, 1.807) is 14.2 Å². The van der Waals surface area contributed by atoms with Gasteiger partial charge >= 0.3 is 0 Å². The van der Waals surface area contributed by atoms with Gasteiger partial charge in [-0.05, 0) is 18.6 Å². The highest BCUT2D eigenvalue weighted by Gasteiger charge is 2.28. The van der Waals surface area contributed by atoms with Crippen molar-refractivity contribution in [3.05, 3.63) is 41.5 Å². The van der Waals surface area contributed by atoms with Gasteiger partial charge in [0.25, 0.3) is 5.91 Å². The highest BCUT2D eigenvalue weighted by atomic mass is 32.1. The Morgan fingerprint density at radius 3 is 3.08 bits per heavy atom. The van der Waals surface area contributed by atoms with E-state index in [0.717, 1.165) is 41.5 Å². The lowest BCUT2D eigenvalue weighted by Gasteiger charge is -2.15. The van der Waals surface area contributed by atoms with Crippen LogP contribution >= 0.6 is 11.3 Å². The van der Waals surface area contributed by atoms with Crippen molar-refractivity contribution in [1.29, 1.82) is 0 Å². The third-order valence-electron chi connectivity index (χ3n) is 4.77. The molecule has 1 fully saturated rings. The molecule has 1 saturated heterocycles. The zero-order chi connectivity index (χ0) is 18.1. The Morgan fingerprint density at radius 1 is 1.38 bits per heavy atom. The fourth-order valence-electron chi connectivity index (χ4n) is 3.41. The Bertz CT molecular complexity index is 933. The van der Waals surface area contributed by atoms with Gasteiger partial charge in [0.15, 0.2) is 4.96 Å². The number of imidazole rings is 1. The first-order chi connectivity index (χ1) is 12.7. The number of methoxy groups -OCH3 is 2. The van der Waals surface area contributed by atoms with Gasteiger partial charge in [-0.2, -0.15) is 0 Å². The minimum atomic E-state index is 0.0597. The number of carbonyl (C=O) groups excluding carboxylic acids is 1. The summed E-state index contributed by atoms with van der Waals surface area (Å²) in [6, 6.07) is 7.78. The van der Waals surface area contributed by atoms with Gasteiger partial charge in [0.05, 0.1) is 19.4 Å². The van der Waals surface area contributed by atoms with Gasteiger partial charge in [-0.15, -0.1) is 11.3 Å². The van der Waals surface area contributed by atoms with Gasteiger partial charge in [0.2, 0.25) is 0 Å². The van der Waals surface area contributed by atoms with Crippen LogP contribution in [0.4, 0.5) is 0 Å². The first-order valence-electron chi connectivity index (χ1n) is 8.59. The number of thiazole rings is 1. The van der Waals surface area contributed by atoms with Crippen molar-refractivity contribution >= 4 is 22.2 Å². The number of rotatable bonds is 5. The third kappa shape index (κ3) is 3.08. The van der Waals surface area contributed by atoms with E-state index < -0.39 is 0 Å². The van der Waals surface area contributed by atoms with Crippen molar-refractivity contribution in [3.63, 3.8) is 0 Å². The van der Waals surface area contributed by atoms with Gasteiger partial charge in [0.1, 0.15) is 11.4 Å². The fourth-order valence-corrected chi connectivity index (χ4v) is 4.26. The second kappa shape index (κ2) is 7.09. The highest BCUT2D eigenvalue weighted by molar-refractivity contribution is 7.15. The van der Waals surface area contributed by atoms with Crippen LogP contribution in [0.1, 0.15) is 16.9 Å². The molecule has 0 radical (unpaired) electrons. The molecule has 0 unspecified atom stereocenters. The average molecular weight is 371 g/mol. The number of hydrogen-bond donors (Lipinski definition) is 0. The maximum Gasteiger partial charge on any atom is 0.271 e. The number of likely N-dealkylation sites (tertiary alicyclic amines) is 1. The molecule has 1 aliphatic rings. The molecular formula is C19H21N3O3S. The van der Waals surface area contributed by atoms with E-state index in [-0.39, 0.29) is 5.91 Å². The molecule has 1 atom stereocenters. The van der Waals surface area contributed by atoms with Crippen LogP contribution in [-0.4, -0.2) is 54.1 Å². The second-order valence-corrected chi connectivity index (χ2v) is 7.33. The Labute approximate surface area is 156 Å². The summed E-state index contributed by atoms with van der Waals surface area (Å²) >= 11 is 1.49. The minimum Gasteiger partial charge on any atom is -0.497 e. The summed E-state index contributed by atoms with van der Waals surface area (Å²) in [6.07, 6.45) is 2.92. The molecule has 6 nitrogen and oxygen atoms in total. The molecule has 7 heteroatoms. The summed E-state index contributed by atoms with van der Waals surface area (Å²) in [5.41, 5.74) is 2.48. The molecule has 0 aliphatic carbocycles. The van der Waals surface area contributed by atoms with Crippen LogP contribution in [0.25, 0.3) is 16.2 Å². The van der Waals surface area contributed by atoms with Crippen LogP contribution in [0, 0.1) is 5.92 Å². The number of hydrogen-bond acceptors (Lipinski definition) is 5. The minimum absolute atomic E-state index is 0.0597. The molecule has 1 aliphatic heterocycles. The Morgan fingerprint density at radius 2 is 2.27 bits per heavy atom. The lowest BCUT2D eigenvalue weighted by Crippen LogP contribution is -2.30. The summed E-state index contributed by atoms with van der Waals surface area (Å²) in [5, 5.41) is 1.89. The Balaban J connectivity index is 1.61. The SMILES string of the molecule is COC[C@@H]1CCN(C(=O)c2csc3nc(-c4cccc(OC)c4)cn23)C1. The van der Waals surface area contributed by atoms with Crippen LogP contribution in [0.2, 0.25) is 0 Å². The maximum absolute atomic E-state index is 12.9. The summed E-state index contributed by atoms with van der Waals surface area (Å²) in [6.45, 7) is 2.23. The topological polar surface area (TPSA) is 56.1 Å². The molecule has 136 valence electrons. The number of benzene rings is 1. The number of amides is 1. The van der Waals surface area contributed by atoms with Crippen LogP contribution in [0.5, 0.6) is 5.75 Å². The molecular weight excluding hydrogens is 350 g/mol. The Hall–Kier alpha value is -2.38. The van der Waals surface area contributed by atoms with Crippen molar-refractivity contribution < 1.29 is 14.3 Å². The Kier molecular flexibility index (Phi) is 4.65. The van der Waals surface area contributed by atoms with E-state index in [2.05, 4.69) is 4.98 Å². The van der Waals surface area contributed by atoms with E-state index in [0.29, 0.717) is 18.2 Å². The molecule has 0 spiro atoms. The molecule has 2 aromatic heterocycles. The molecule has 1 amide bonds. The number of fused-ring (bicyclic) bond motifs is 1. The third-order valence-corrected chi connectivity index (χ3v) is 5.61. The number of aromatic nitrogens is 2. The van der Waals surface area contributed by atoms with Crippen LogP contribution in [0.3, 0.4) is 0 Å². The second-order valence-electron chi connectivity index (χ2n) is 6.49. The predicted octanol–water partition coefficient (Wildman–Crippen LogP) is 3.18.